The van der Waals surface area contributed by atoms with E-state index in [1.807, 2.05) is 41.8 Å². The fourth-order valence-corrected chi connectivity index (χ4v) is 3.45. The first kappa shape index (κ1) is 15.7. The summed E-state index contributed by atoms with van der Waals surface area (Å²) < 4.78 is 2.11. The van der Waals surface area contributed by atoms with Gasteiger partial charge in [0.25, 0.3) is 0 Å². The predicted octanol–water partition coefficient (Wildman–Crippen LogP) is 2.86. The van der Waals surface area contributed by atoms with E-state index in [0.717, 1.165) is 15.9 Å². The van der Waals surface area contributed by atoms with Gasteiger partial charge in [0.05, 0.1) is 22.5 Å². The van der Waals surface area contributed by atoms with Gasteiger partial charge in [-0.2, -0.15) is 5.10 Å². The van der Waals surface area contributed by atoms with Gasteiger partial charge in [-0.1, -0.05) is 18.2 Å². The summed E-state index contributed by atoms with van der Waals surface area (Å²) >= 11 is 6.78. The molecule has 3 heterocycles. The van der Waals surface area contributed by atoms with Crippen molar-refractivity contribution < 1.29 is 4.79 Å². The molecule has 3 aromatic heterocycles. The zero-order valence-electron chi connectivity index (χ0n) is 13.0. The number of rotatable bonds is 5. The van der Waals surface area contributed by atoms with E-state index < -0.39 is 0 Å². The molecule has 0 unspecified atom stereocenters. The van der Waals surface area contributed by atoms with Gasteiger partial charge in [0, 0.05) is 0 Å². The molecule has 25 heavy (non-hydrogen) atoms. The predicted molar refractivity (Wildman–Crippen MR) is 98.7 cm³/mol. The Hall–Kier alpha value is -2.78. The van der Waals surface area contributed by atoms with Crippen LogP contribution in [-0.2, 0) is 17.9 Å². The summed E-state index contributed by atoms with van der Waals surface area (Å²) in [5.41, 5.74) is 1.83. The molecule has 0 saturated carbocycles. The average Bonchev–Trinajstić information content (AvgIpc) is 3.33. The maximum absolute atomic E-state index is 12.3. The number of nitrogens with one attached hydrogen (secondary N) is 3. The van der Waals surface area contributed by atoms with E-state index in [2.05, 4.69) is 25.5 Å². The normalized spacial score (nSPS) is 11.0. The van der Waals surface area contributed by atoms with Gasteiger partial charge in [-0.25, -0.2) is 4.98 Å². The van der Waals surface area contributed by atoms with Crippen LogP contribution in [0.5, 0.6) is 0 Å². The number of thiophene rings is 1. The summed E-state index contributed by atoms with van der Waals surface area (Å²) in [6, 6.07) is 11.6. The molecular weight excluding hydrogens is 356 g/mol. The molecule has 126 valence electrons. The van der Waals surface area contributed by atoms with Crippen molar-refractivity contribution in [2.24, 2.45) is 0 Å². The van der Waals surface area contributed by atoms with E-state index >= 15 is 0 Å². The molecule has 1 aromatic carbocycles. The third-order valence-corrected chi connectivity index (χ3v) is 4.87. The maximum Gasteiger partial charge on any atom is 0.240 e. The van der Waals surface area contributed by atoms with Gasteiger partial charge in [0.15, 0.2) is 10.6 Å². The molecule has 9 heteroatoms. The number of H-pyrrole nitrogens is 2. The monoisotopic (exact) mass is 370 g/mol. The summed E-state index contributed by atoms with van der Waals surface area (Å²) in [6.07, 6.45) is 0. The molecule has 0 bridgehead atoms. The minimum absolute atomic E-state index is 0.1000. The number of imidazole rings is 1. The van der Waals surface area contributed by atoms with Crippen LogP contribution in [0.3, 0.4) is 0 Å². The highest BCUT2D eigenvalue weighted by atomic mass is 32.1. The summed E-state index contributed by atoms with van der Waals surface area (Å²) in [7, 11) is 0. The number of amides is 1. The molecule has 4 aromatic rings. The van der Waals surface area contributed by atoms with Crippen LogP contribution in [0.25, 0.3) is 21.7 Å². The third kappa shape index (κ3) is 3.24. The van der Waals surface area contributed by atoms with Gasteiger partial charge in [-0.15, -0.1) is 11.3 Å². The molecule has 0 aliphatic rings. The largest absolute Gasteiger partial charge is 0.347 e. The molecule has 0 saturated heterocycles. The number of benzene rings is 1. The molecular formula is C16H14N6OS2. The summed E-state index contributed by atoms with van der Waals surface area (Å²) in [6.45, 7) is 0.426. The van der Waals surface area contributed by atoms with Crippen LogP contribution in [0.2, 0.25) is 0 Å². The van der Waals surface area contributed by atoms with E-state index in [0.29, 0.717) is 23.0 Å². The molecule has 7 nitrogen and oxygen atoms in total. The van der Waals surface area contributed by atoms with Gasteiger partial charge < -0.3 is 10.3 Å². The number of para-hydroxylation sites is 2. The first-order valence-corrected chi connectivity index (χ1v) is 8.89. The number of hydrogen-bond acceptors (Lipinski definition) is 5. The van der Waals surface area contributed by atoms with E-state index in [1.165, 1.54) is 0 Å². The van der Waals surface area contributed by atoms with E-state index in [1.54, 1.807) is 15.9 Å². The van der Waals surface area contributed by atoms with Crippen molar-refractivity contribution in [3.63, 3.8) is 0 Å². The number of aromatic amines is 2. The lowest BCUT2D eigenvalue weighted by Gasteiger charge is -2.06. The van der Waals surface area contributed by atoms with Crippen molar-refractivity contribution in [2.75, 3.05) is 0 Å². The van der Waals surface area contributed by atoms with Gasteiger partial charge in [0.2, 0.25) is 5.91 Å². The average molecular weight is 370 g/mol. The van der Waals surface area contributed by atoms with Crippen LogP contribution >= 0.6 is 23.6 Å². The minimum Gasteiger partial charge on any atom is -0.347 e. The van der Waals surface area contributed by atoms with Gasteiger partial charge in [-0.3, -0.25) is 14.5 Å². The van der Waals surface area contributed by atoms with Crippen LogP contribution in [0.4, 0.5) is 0 Å². The molecule has 0 aliphatic carbocycles. The number of fused-ring (bicyclic) bond motifs is 1. The highest BCUT2D eigenvalue weighted by molar-refractivity contribution is 7.71. The first-order chi connectivity index (χ1) is 12.2. The fourth-order valence-electron chi connectivity index (χ4n) is 2.53. The Balaban J connectivity index is 1.46. The minimum atomic E-state index is -0.157. The van der Waals surface area contributed by atoms with Crippen LogP contribution in [0, 0.1) is 4.77 Å². The summed E-state index contributed by atoms with van der Waals surface area (Å²) in [5, 5.41) is 11.8. The van der Waals surface area contributed by atoms with Crippen molar-refractivity contribution in [1.82, 2.24) is 30.0 Å². The molecule has 3 N–H and O–H groups in total. The highest BCUT2D eigenvalue weighted by Crippen LogP contribution is 2.22. The second kappa shape index (κ2) is 6.61. The molecule has 0 radical (unpaired) electrons. The lowest BCUT2D eigenvalue weighted by Crippen LogP contribution is -2.27. The molecule has 1 amide bonds. The lowest BCUT2D eigenvalue weighted by atomic mass is 10.3. The number of carbonyl (C=O) groups is 1. The van der Waals surface area contributed by atoms with Gasteiger partial charge >= 0.3 is 0 Å². The summed E-state index contributed by atoms with van der Waals surface area (Å²) in [5.74, 6) is 1.22. The van der Waals surface area contributed by atoms with Crippen LogP contribution < -0.4 is 5.32 Å². The Morgan fingerprint density at radius 1 is 1.28 bits per heavy atom. The van der Waals surface area contributed by atoms with Crippen molar-refractivity contribution >= 4 is 40.5 Å². The van der Waals surface area contributed by atoms with Crippen molar-refractivity contribution in [2.45, 2.75) is 13.1 Å². The van der Waals surface area contributed by atoms with Crippen molar-refractivity contribution in [3.05, 3.63) is 52.4 Å². The number of carbonyl (C=O) groups excluding carboxylic acids is 1. The molecule has 0 spiro atoms. The summed E-state index contributed by atoms with van der Waals surface area (Å²) in [4.78, 5) is 20.9. The van der Waals surface area contributed by atoms with E-state index in [-0.39, 0.29) is 12.5 Å². The van der Waals surface area contributed by atoms with Crippen LogP contribution in [0.1, 0.15) is 5.82 Å². The Kier molecular flexibility index (Phi) is 4.16. The molecule has 0 aliphatic heterocycles. The smallest absolute Gasteiger partial charge is 0.240 e. The van der Waals surface area contributed by atoms with Gasteiger partial charge in [0.1, 0.15) is 12.4 Å². The maximum atomic E-state index is 12.3. The Morgan fingerprint density at radius 2 is 2.16 bits per heavy atom. The topological polar surface area (TPSA) is 91.4 Å². The molecule has 0 atom stereocenters. The zero-order chi connectivity index (χ0) is 17.2. The van der Waals surface area contributed by atoms with E-state index in [4.69, 9.17) is 12.2 Å². The Bertz CT molecular complexity index is 1040. The number of aromatic nitrogens is 5. The number of nitrogens with zero attached hydrogens (tertiary/aromatic N) is 3. The zero-order valence-corrected chi connectivity index (χ0v) is 14.7. The Labute approximate surface area is 151 Å². The van der Waals surface area contributed by atoms with Crippen LogP contribution in [-0.4, -0.2) is 30.6 Å². The second-order valence-corrected chi connectivity index (χ2v) is 6.73. The second-order valence-electron chi connectivity index (χ2n) is 5.39. The standard InChI is InChI=1S/C16H14N6OS2/c23-14(17-8-13-18-10-4-1-2-5-11(10)19-13)9-22-15(20-21-16(22)24)12-6-3-7-25-12/h1-7H,8-9H2,(H,17,23)(H,18,19)(H,21,24). The fraction of sp³-hybridized carbons (Fsp3) is 0.125. The molecule has 4 rings (SSSR count). The Morgan fingerprint density at radius 3 is 2.96 bits per heavy atom. The third-order valence-electron chi connectivity index (χ3n) is 3.69. The first-order valence-electron chi connectivity index (χ1n) is 7.60. The van der Waals surface area contributed by atoms with Crippen LogP contribution in [0.15, 0.2) is 41.8 Å². The van der Waals surface area contributed by atoms with Gasteiger partial charge in [-0.05, 0) is 35.8 Å². The van der Waals surface area contributed by atoms with E-state index in [9.17, 15) is 4.79 Å². The van der Waals surface area contributed by atoms with Crippen molar-refractivity contribution in [1.29, 1.82) is 0 Å². The lowest BCUT2D eigenvalue weighted by molar-refractivity contribution is -0.121. The van der Waals surface area contributed by atoms with Crippen molar-refractivity contribution in [3.8, 4) is 10.7 Å². The SMILES string of the molecule is O=C(Cn1c(-c2cccs2)n[nH]c1=S)NCc1nc2ccccc2[nH]1. The quantitative estimate of drug-likeness (QED) is 0.471. The highest BCUT2D eigenvalue weighted by Gasteiger charge is 2.13. The number of hydrogen-bond donors (Lipinski definition) is 3. The molecule has 0 fully saturated rings.